The van der Waals surface area contributed by atoms with Gasteiger partial charge in [0.15, 0.2) is 0 Å². The van der Waals surface area contributed by atoms with Gasteiger partial charge in [-0.25, -0.2) is 9.78 Å². The summed E-state index contributed by atoms with van der Waals surface area (Å²) in [7, 11) is 0. The highest BCUT2D eigenvalue weighted by atomic mass is 32.1. The van der Waals surface area contributed by atoms with Crippen molar-refractivity contribution in [3.05, 3.63) is 41.4 Å². The Labute approximate surface area is 160 Å². The highest BCUT2D eigenvalue weighted by Gasteiger charge is 2.33. The summed E-state index contributed by atoms with van der Waals surface area (Å²) < 4.78 is 1.12. The van der Waals surface area contributed by atoms with Crippen molar-refractivity contribution in [2.45, 2.75) is 18.8 Å². The lowest BCUT2D eigenvalue weighted by atomic mass is 9.82. The zero-order chi connectivity index (χ0) is 18.8. The molecule has 1 aromatic heterocycles. The third kappa shape index (κ3) is 3.57. The molecule has 1 fully saturated rings. The number of carbonyl (C=O) groups excluding carboxylic acids is 3. The van der Waals surface area contributed by atoms with Crippen LogP contribution in [-0.4, -0.2) is 47.4 Å². The predicted molar refractivity (Wildman–Crippen MR) is 102 cm³/mol. The van der Waals surface area contributed by atoms with Crippen LogP contribution in [0.1, 0.15) is 23.8 Å². The third-order valence-corrected chi connectivity index (χ3v) is 6.14. The first-order chi connectivity index (χ1) is 13.1. The number of aromatic nitrogens is 1. The zero-order valence-electron chi connectivity index (χ0n) is 14.7. The molecule has 2 aromatic rings. The Hall–Kier alpha value is -2.74. The van der Waals surface area contributed by atoms with Crippen LogP contribution in [0.15, 0.2) is 36.4 Å². The fourth-order valence-electron chi connectivity index (χ4n) is 3.53. The van der Waals surface area contributed by atoms with Gasteiger partial charge in [-0.3, -0.25) is 14.5 Å². The maximum Gasteiger partial charge on any atom is 0.324 e. The molecule has 2 unspecified atom stereocenters. The molecule has 0 bridgehead atoms. The highest BCUT2D eigenvalue weighted by molar-refractivity contribution is 7.18. The van der Waals surface area contributed by atoms with Crippen molar-refractivity contribution < 1.29 is 14.4 Å². The molecular weight excluding hydrogens is 364 g/mol. The Kier molecular flexibility index (Phi) is 4.89. The number of fused-ring (bicyclic) bond motifs is 1. The minimum Gasteiger partial charge on any atom is -0.354 e. The maximum absolute atomic E-state index is 12.8. The van der Waals surface area contributed by atoms with Crippen LogP contribution in [0.3, 0.4) is 0 Å². The number of carbonyl (C=O) groups is 3. The number of imide groups is 1. The topological polar surface area (TPSA) is 91.4 Å². The number of thiazole rings is 1. The predicted octanol–water partition coefficient (Wildman–Crippen LogP) is 2.01. The van der Waals surface area contributed by atoms with E-state index in [1.807, 2.05) is 30.3 Å². The second kappa shape index (κ2) is 7.48. The van der Waals surface area contributed by atoms with Crippen LogP contribution in [0.4, 0.5) is 4.79 Å². The van der Waals surface area contributed by atoms with Crippen LogP contribution in [0, 0.1) is 5.92 Å². The van der Waals surface area contributed by atoms with Crippen LogP contribution >= 0.6 is 11.3 Å². The fourth-order valence-corrected chi connectivity index (χ4v) is 4.68. The summed E-state index contributed by atoms with van der Waals surface area (Å²) in [6.07, 6.45) is 5.58. The minimum absolute atomic E-state index is 0.0277. The molecule has 0 spiro atoms. The smallest absolute Gasteiger partial charge is 0.324 e. The molecule has 140 valence electrons. The van der Waals surface area contributed by atoms with Gasteiger partial charge in [-0.05, 0) is 25.0 Å². The van der Waals surface area contributed by atoms with E-state index in [1.165, 1.54) is 0 Å². The van der Waals surface area contributed by atoms with Gasteiger partial charge in [0.2, 0.25) is 11.8 Å². The van der Waals surface area contributed by atoms with E-state index in [0.29, 0.717) is 6.42 Å². The molecule has 8 heteroatoms. The molecule has 2 heterocycles. The maximum atomic E-state index is 12.8. The molecule has 2 N–H and O–H groups in total. The molecule has 4 amide bonds. The largest absolute Gasteiger partial charge is 0.354 e. The summed E-state index contributed by atoms with van der Waals surface area (Å²) in [5.41, 5.74) is 0.963. The number of para-hydroxylation sites is 1. The standard InChI is InChI=1S/C19H20N4O3S/c24-16-11-21-19(26)23(16)10-9-20-17(25)12-5-1-2-6-13(12)18-22-14-7-3-4-8-15(14)27-18/h1-4,7-8,12-13H,5-6,9-11H2,(H,20,25)(H,21,26). The lowest BCUT2D eigenvalue weighted by Crippen LogP contribution is -2.41. The Morgan fingerprint density at radius 3 is 2.85 bits per heavy atom. The van der Waals surface area contributed by atoms with Gasteiger partial charge in [0, 0.05) is 19.0 Å². The van der Waals surface area contributed by atoms with Crippen molar-refractivity contribution in [3.63, 3.8) is 0 Å². The van der Waals surface area contributed by atoms with E-state index >= 15 is 0 Å². The van der Waals surface area contributed by atoms with E-state index in [2.05, 4.69) is 16.7 Å². The summed E-state index contributed by atoms with van der Waals surface area (Å²) in [4.78, 5) is 41.8. The molecule has 4 rings (SSSR count). The van der Waals surface area contributed by atoms with E-state index in [0.717, 1.165) is 26.5 Å². The first-order valence-corrected chi connectivity index (χ1v) is 9.81. The van der Waals surface area contributed by atoms with Crippen molar-refractivity contribution in [2.75, 3.05) is 19.6 Å². The summed E-state index contributed by atoms with van der Waals surface area (Å²) in [6.45, 7) is 0.468. The minimum atomic E-state index is -0.401. The second-order valence-corrected chi connectivity index (χ2v) is 7.73. The third-order valence-electron chi connectivity index (χ3n) is 4.97. The first-order valence-electron chi connectivity index (χ1n) is 9.00. The van der Waals surface area contributed by atoms with Crippen molar-refractivity contribution in [1.82, 2.24) is 20.5 Å². The number of nitrogens with zero attached hydrogens (tertiary/aromatic N) is 2. The van der Waals surface area contributed by atoms with Crippen molar-refractivity contribution in [3.8, 4) is 0 Å². The van der Waals surface area contributed by atoms with Gasteiger partial charge in [-0.15, -0.1) is 11.3 Å². The molecular formula is C19H20N4O3S. The van der Waals surface area contributed by atoms with E-state index in [4.69, 9.17) is 4.98 Å². The molecule has 2 atom stereocenters. The van der Waals surface area contributed by atoms with Gasteiger partial charge in [0.1, 0.15) is 0 Å². The fraction of sp³-hybridized carbons (Fsp3) is 0.368. The monoisotopic (exact) mass is 384 g/mol. The van der Waals surface area contributed by atoms with Gasteiger partial charge in [-0.2, -0.15) is 0 Å². The molecule has 27 heavy (non-hydrogen) atoms. The van der Waals surface area contributed by atoms with E-state index in [1.54, 1.807) is 11.3 Å². The Bertz CT molecular complexity index is 874. The van der Waals surface area contributed by atoms with Crippen LogP contribution < -0.4 is 10.6 Å². The van der Waals surface area contributed by atoms with Gasteiger partial charge in [0.05, 0.1) is 27.7 Å². The average molecular weight is 384 g/mol. The van der Waals surface area contributed by atoms with E-state index in [9.17, 15) is 14.4 Å². The Morgan fingerprint density at radius 1 is 1.26 bits per heavy atom. The average Bonchev–Trinajstić information content (AvgIpc) is 3.26. The number of benzene rings is 1. The van der Waals surface area contributed by atoms with Gasteiger partial charge in [0.25, 0.3) is 0 Å². The molecule has 1 aromatic carbocycles. The quantitative estimate of drug-likeness (QED) is 0.609. The summed E-state index contributed by atoms with van der Waals surface area (Å²) in [5, 5.41) is 6.34. The number of hydrogen-bond acceptors (Lipinski definition) is 5. The number of rotatable bonds is 5. The number of allylic oxidation sites excluding steroid dienone is 2. The van der Waals surface area contributed by atoms with Crippen molar-refractivity contribution in [2.24, 2.45) is 5.92 Å². The van der Waals surface area contributed by atoms with Gasteiger partial charge >= 0.3 is 6.03 Å². The molecule has 0 radical (unpaired) electrons. The summed E-state index contributed by atoms with van der Waals surface area (Å²) in [5.74, 6) is -0.472. The Morgan fingerprint density at radius 2 is 2.07 bits per heavy atom. The second-order valence-electron chi connectivity index (χ2n) is 6.67. The molecule has 1 saturated heterocycles. The highest BCUT2D eigenvalue weighted by Crippen LogP contribution is 2.38. The van der Waals surface area contributed by atoms with Gasteiger partial charge in [-0.1, -0.05) is 24.3 Å². The summed E-state index contributed by atoms with van der Waals surface area (Å²) >= 11 is 1.64. The summed E-state index contributed by atoms with van der Waals surface area (Å²) in [6, 6.07) is 7.59. The van der Waals surface area contributed by atoms with Gasteiger partial charge < -0.3 is 10.6 Å². The normalized spacial score (nSPS) is 22.3. The van der Waals surface area contributed by atoms with Crippen molar-refractivity contribution in [1.29, 1.82) is 0 Å². The van der Waals surface area contributed by atoms with Crippen LogP contribution in [0.25, 0.3) is 10.2 Å². The van der Waals surface area contributed by atoms with Crippen LogP contribution in [0.2, 0.25) is 0 Å². The van der Waals surface area contributed by atoms with E-state index in [-0.39, 0.29) is 43.3 Å². The first kappa shape index (κ1) is 17.7. The van der Waals surface area contributed by atoms with Crippen LogP contribution in [-0.2, 0) is 9.59 Å². The number of hydrogen-bond donors (Lipinski definition) is 2. The molecule has 1 aliphatic carbocycles. The zero-order valence-corrected chi connectivity index (χ0v) is 15.5. The number of nitrogens with one attached hydrogen (secondary N) is 2. The molecule has 1 aliphatic heterocycles. The molecule has 7 nitrogen and oxygen atoms in total. The lowest BCUT2D eigenvalue weighted by Gasteiger charge is -2.26. The Balaban J connectivity index is 1.42. The molecule has 2 aliphatic rings. The van der Waals surface area contributed by atoms with E-state index < -0.39 is 6.03 Å². The lowest BCUT2D eigenvalue weighted by molar-refractivity contribution is -0.127. The number of urea groups is 1. The molecule has 0 saturated carbocycles. The SMILES string of the molecule is O=C(NCCN1C(=O)CNC1=O)C1CC=CCC1c1nc2ccccc2s1. The number of amides is 4. The van der Waals surface area contributed by atoms with Crippen LogP contribution in [0.5, 0.6) is 0 Å². The van der Waals surface area contributed by atoms with Crippen molar-refractivity contribution >= 4 is 39.4 Å².